The van der Waals surface area contributed by atoms with E-state index in [0.29, 0.717) is 11.8 Å². The van der Waals surface area contributed by atoms with Crippen molar-refractivity contribution in [1.82, 2.24) is 10.1 Å². The maximum Gasteiger partial charge on any atom is 0.230 e. The lowest BCUT2D eigenvalue weighted by Gasteiger charge is -2.27. The normalized spacial score (nSPS) is 25.9. The van der Waals surface area contributed by atoms with Crippen LogP contribution in [-0.2, 0) is 5.75 Å². The third-order valence-corrected chi connectivity index (χ3v) is 3.83. The van der Waals surface area contributed by atoms with Crippen LogP contribution in [0, 0.1) is 5.92 Å². The summed E-state index contributed by atoms with van der Waals surface area (Å²) < 4.78 is 5.36. The predicted molar refractivity (Wildman–Crippen MR) is 65.3 cm³/mol. The number of aromatic nitrogens is 2. The van der Waals surface area contributed by atoms with Gasteiger partial charge in [-0.15, -0.1) is 0 Å². The van der Waals surface area contributed by atoms with Gasteiger partial charge in [0.1, 0.15) is 0 Å². The second-order valence-electron chi connectivity index (χ2n) is 4.37. The van der Waals surface area contributed by atoms with Crippen LogP contribution >= 0.6 is 11.8 Å². The lowest BCUT2D eigenvalue weighted by molar-refractivity contribution is 0.249. The summed E-state index contributed by atoms with van der Waals surface area (Å²) in [5.74, 6) is 3.35. The highest BCUT2D eigenvalue weighted by Crippen LogP contribution is 2.36. The molecule has 2 N–H and O–H groups in total. The molecule has 1 fully saturated rings. The van der Waals surface area contributed by atoms with Crippen LogP contribution in [-0.4, -0.2) is 22.9 Å². The van der Waals surface area contributed by atoms with Crippen molar-refractivity contribution in [2.24, 2.45) is 11.7 Å². The Bertz CT molecular complexity index is 329. The topological polar surface area (TPSA) is 64.9 Å². The van der Waals surface area contributed by atoms with Crippen LogP contribution in [0.25, 0.3) is 0 Å². The zero-order valence-corrected chi connectivity index (χ0v) is 10.5. The van der Waals surface area contributed by atoms with Gasteiger partial charge in [0.05, 0.1) is 5.75 Å². The third-order valence-electron chi connectivity index (χ3n) is 3.29. The van der Waals surface area contributed by atoms with Gasteiger partial charge in [-0.25, -0.2) is 0 Å². The fraction of sp³-hybridized carbons (Fsp3) is 0.818. The molecule has 16 heavy (non-hydrogen) atoms. The number of hydrogen-bond donors (Lipinski definition) is 1. The van der Waals surface area contributed by atoms with E-state index in [-0.39, 0.29) is 0 Å². The van der Waals surface area contributed by atoms with Crippen LogP contribution in [0.4, 0.5) is 0 Å². The second-order valence-corrected chi connectivity index (χ2v) is 5.23. The molecule has 0 aromatic carbocycles. The van der Waals surface area contributed by atoms with Crippen molar-refractivity contribution in [3.63, 3.8) is 0 Å². The summed E-state index contributed by atoms with van der Waals surface area (Å²) in [6.45, 7) is 0.727. The number of thioether (sulfide) groups is 1. The van der Waals surface area contributed by atoms with Crippen molar-refractivity contribution in [2.45, 2.75) is 37.4 Å². The van der Waals surface area contributed by atoms with E-state index in [9.17, 15) is 0 Å². The lowest BCUT2D eigenvalue weighted by atomic mass is 9.79. The van der Waals surface area contributed by atoms with E-state index in [2.05, 4.69) is 10.1 Å². The van der Waals surface area contributed by atoms with Gasteiger partial charge in [0.2, 0.25) is 5.89 Å². The SMILES string of the molecule is CSCc1noc(C2CCCCC2CN)n1. The van der Waals surface area contributed by atoms with Crippen LogP contribution in [0.2, 0.25) is 0 Å². The van der Waals surface area contributed by atoms with Gasteiger partial charge in [0, 0.05) is 5.92 Å². The number of rotatable bonds is 4. The van der Waals surface area contributed by atoms with E-state index in [1.165, 1.54) is 19.3 Å². The quantitative estimate of drug-likeness (QED) is 0.875. The second kappa shape index (κ2) is 5.68. The summed E-state index contributed by atoms with van der Waals surface area (Å²) in [7, 11) is 0. The molecule has 1 aliphatic carbocycles. The summed E-state index contributed by atoms with van der Waals surface area (Å²) in [4.78, 5) is 4.47. The van der Waals surface area contributed by atoms with Gasteiger partial charge in [0.15, 0.2) is 5.82 Å². The third kappa shape index (κ3) is 2.58. The molecule has 2 unspecified atom stereocenters. The minimum atomic E-state index is 0.391. The van der Waals surface area contributed by atoms with E-state index in [4.69, 9.17) is 10.3 Å². The number of nitrogens with two attached hydrogens (primary N) is 1. The fourth-order valence-corrected chi connectivity index (χ4v) is 2.80. The Morgan fingerprint density at radius 2 is 2.25 bits per heavy atom. The molecule has 1 aromatic heterocycles. The van der Waals surface area contributed by atoms with Crippen LogP contribution in [0.3, 0.4) is 0 Å². The minimum absolute atomic E-state index is 0.391. The van der Waals surface area contributed by atoms with Crippen LogP contribution in [0.5, 0.6) is 0 Å². The fourth-order valence-electron chi connectivity index (χ4n) is 2.42. The molecule has 0 bridgehead atoms. The average molecular weight is 241 g/mol. The molecule has 1 heterocycles. The first kappa shape index (κ1) is 11.9. The molecule has 2 atom stereocenters. The smallest absolute Gasteiger partial charge is 0.230 e. The number of nitrogens with zero attached hydrogens (tertiary/aromatic N) is 2. The Morgan fingerprint density at radius 1 is 1.44 bits per heavy atom. The average Bonchev–Trinajstić information content (AvgIpc) is 2.78. The first-order valence-corrected chi connectivity index (χ1v) is 7.26. The summed E-state index contributed by atoms with van der Waals surface area (Å²) in [6, 6.07) is 0. The zero-order chi connectivity index (χ0) is 11.4. The van der Waals surface area contributed by atoms with Gasteiger partial charge in [-0.2, -0.15) is 16.7 Å². The van der Waals surface area contributed by atoms with Crippen molar-refractivity contribution in [3.8, 4) is 0 Å². The zero-order valence-electron chi connectivity index (χ0n) is 9.69. The highest BCUT2D eigenvalue weighted by molar-refractivity contribution is 7.97. The van der Waals surface area contributed by atoms with Gasteiger partial charge >= 0.3 is 0 Å². The number of hydrogen-bond acceptors (Lipinski definition) is 5. The predicted octanol–water partition coefficient (Wildman–Crippen LogP) is 2.17. The Hall–Kier alpha value is -0.550. The van der Waals surface area contributed by atoms with E-state index >= 15 is 0 Å². The molecular weight excluding hydrogens is 222 g/mol. The lowest BCUT2D eigenvalue weighted by Crippen LogP contribution is -2.25. The van der Waals surface area contributed by atoms with Crippen molar-refractivity contribution in [3.05, 3.63) is 11.7 Å². The maximum absolute atomic E-state index is 5.80. The minimum Gasteiger partial charge on any atom is -0.339 e. The Balaban J connectivity index is 2.08. The van der Waals surface area contributed by atoms with Crippen LogP contribution in [0.1, 0.15) is 43.3 Å². The van der Waals surface area contributed by atoms with Crippen molar-refractivity contribution < 1.29 is 4.52 Å². The Morgan fingerprint density at radius 3 is 3.00 bits per heavy atom. The molecular formula is C11H19N3OS. The summed E-state index contributed by atoms with van der Waals surface area (Å²) in [5, 5.41) is 4.00. The molecule has 0 saturated heterocycles. The molecule has 0 aliphatic heterocycles. The molecule has 4 nitrogen and oxygen atoms in total. The molecule has 5 heteroatoms. The van der Waals surface area contributed by atoms with Crippen molar-refractivity contribution in [2.75, 3.05) is 12.8 Å². The highest BCUT2D eigenvalue weighted by atomic mass is 32.2. The summed E-state index contributed by atoms with van der Waals surface area (Å²) in [6.07, 6.45) is 6.91. The van der Waals surface area contributed by atoms with Crippen molar-refractivity contribution >= 4 is 11.8 Å². The summed E-state index contributed by atoms with van der Waals surface area (Å²) >= 11 is 1.71. The van der Waals surface area contributed by atoms with Gasteiger partial charge < -0.3 is 10.3 Å². The van der Waals surface area contributed by atoms with Gasteiger partial charge in [-0.1, -0.05) is 18.0 Å². The first-order chi connectivity index (χ1) is 7.85. The van der Waals surface area contributed by atoms with Crippen molar-refractivity contribution in [1.29, 1.82) is 0 Å². The van der Waals surface area contributed by atoms with Gasteiger partial charge in [-0.3, -0.25) is 0 Å². The first-order valence-electron chi connectivity index (χ1n) is 5.86. The Kier molecular flexibility index (Phi) is 4.23. The maximum atomic E-state index is 5.80. The molecule has 1 aliphatic rings. The van der Waals surface area contributed by atoms with Crippen LogP contribution < -0.4 is 5.73 Å². The molecule has 1 aromatic rings. The van der Waals surface area contributed by atoms with E-state index in [1.54, 1.807) is 11.8 Å². The van der Waals surface area contributed by atoms with Gasteiger partial charge in [-0.05, 0) is 31.6 Å². The highest BCUT2D eigenvalue weighted by Gasteiger charge is 2.29. The molecule has 0 radical (unpaired) electrons. The molecule has 2 rings (SSSR count). The summed E-state index contributed by atoms with van der Waals surface area (Å²) in [5.41, 5.74) is 5.80. The largest absolute Gasteiger partial charge is 0.339 e. The molecule has 90 valence electrons. The van der Waals surface area contributed by atoms with E-state index in [1.807, 2.05) is 6.26 Å². The molecule has 0 spiro atoms. The standard InChI is InChI=1S/C11H19N3OS/c1-16-7-10-13-11(15-14-10)9-5-3-2-4-8(9)6-12/h8-9H,2-7,12H2,1H3. The monoisotopic (exact) mass is 241 g/mol. The van der Waals surface area contributed by atoms with Crippen LogP contribution in [0.15, 0.2) is 4.52 Å². The van der Waals surface area contributed by atoms with Gasteiger partial charge in [0.25, 0.3) is 0 Å². The molecule has 1 saturated carbocycles. The van der Waals surface area contributed by atoms with E-state index < -0.39 is 0 Å². The Labute approximate surface area is 100 Å². The molecule has 0 amide bonds. The van der Waals surface area contributed by atoms with E-state index in [0.717, 1.165) is 30.4 Å².